The molecule has 5 heteroatoms. The molecule has 5 nitrogen and oxygen atoms in total. The van der Waals surface area contributed by atoms with Gasteiger partial charge in [-0.05, 0) is 42.0 Å². The van der Waals surface area contributed by atoms with Crippen molar-refractivity contribution in [3.63, 3.8) is 0 Å². The molecule has 2 aromatic heterocycles. The van der Waals surface area contributed by atoms with Crippen molar-refractivity contribution in [2.45, 2.75) is 6.42 Å². The standard InChI is InChI=1S/C21H13N3O2/c22-13-14-6-8-16(9-7-14)18(25)12-15-3-1-4-17(11-15)21-24-20-19(26-21)5-2-10-23-20/h1-11H,12H2. The molecule has 0 N–H and O–H groups in total. The van der Waals surface area contributed by atoms with Gasteiger partial charge in [-0.1, -0.05) is 24.3 Å². The van der Waals surface area contributed by atoms with Crippen LogP contribution in [0.15, 0.2) is 71.3 Å². The monoisotopic (exact) mass is 339 g/mol. The number of Topliss-reactive ketones (excluding diaryl/α,β-unsaturated/α-hetero) is 1. The Bertz CT molecular complexity index is 1100. The summed E-state index contributed by atoms with van der Waals surface area (Å²) < 4.78 is 5.74. The van der Waals surface area contributed by atoms with E-state index in [4.69, 9.17) is 9.68 Å². The third-order valence-corrected chi connectivity index (χ3v) is 4.04. The summed E-state index contributed by atoms with van der Waals surface area (Å²) in [6.45, 7) is 0. The van der Waals surface area contributed by atoms with Gasteiger partial charge in [0.05, 0.1) is 11.6 Å². The van der Waals surface area contributed by atoms with Gasteiger partial charge in [-0.2, -0.15) is 10.2 Å². The lowest BCUT2D eigenvalue weighted by atomic mass is 10.0. The van der Waals surface area contributed by atoms with Crippen LogP contribution in [0.2, 0.25) is 0 Å². The van der Waals surface area contributed by atoms with Crippen LogP contribution in [0, 0.1) is 11.3 Å². The number of rotatable bonds is 4. The minimum atomic E-state index is -0.00845. The van der Waals surface area contributed by atoms with Crippen molar-refractivity contribution < 1.29 is 9.21 Å². The summed E-state index contributed by atoms with van der Waals surface area (Å²) in [5.74, 6) is 0.470. The second-order valence-electron chi connectivity index (χ2n) is 5.83. The van der Waals surface area contributed by atoms with Crippen molar-refractivity contribution >= 4 is 17.0 Å². The first-order valence-electron chi connectivity index (χ1n) is 8.07. The maximum absolute atomic E-state index is 12.5. The Morgan fingerprint density at radius 3 is 2.69 bits per heavy atom. The molecule has 0 radical (unpaired) electrons. The number of fused-ring (bicyclic) bond motifs is 1. The van der Waals surface area contributed by atoms with Crippen LogP contribution in [0.25, 0.3) is 22.7 Å². The van der Waals surface area contributed by atoms with Gasteiger partial charge < -0.3 is 4.42 Å². The van der Waals surface area contributed by atoms with Crippen molar-refractivity contribution in [3.05, 3.63) is 83.6 Å². The highest BCUT2D eigenvalue weighted by atomic mass is 16.3. The number of ketones is 1. The van der Waals surface area contributed by atoms with Gasteiger partial charge in [0.25, 0.3) is 0 Å². The van der Waals surface area contributed by atoms with E-state index < -0.39 is 0 Å². The van der Waals surface area contributed by atoms with Crippen LogP contribution in [0.1, 0.15) is 21.5 Å². The van der Waals surface area contributed by atoms with E-state index in [0.29, 0.717) is 28.2 Å². The third-order valence-electron chi connectivity index (χ3n) is 4.04. The predicted molar refractivity (Wildman–Crippen MR) is 96.4 cm³/mol. The van der Waals surface area contributed by atoms with Crippen molar-refractivity contribution in [2.75, 3.05) is 0 Å². The molecule has 0 fully saturated rings. The zero-order valence-corrected chi connectivity index (χ0v) is 13.7. The summed E-state index contributed by atoms with van der Waals surface area (Å²) in [4.78, 5) is 21.0. The molecule has 0 spiro atoms. The molecular formula is C21H13N3O2. The van der Waals surface area contributed by atoms with Crippen LogP contribution in [0.3, 0.4) is 0 Å². The van der Waals surface area contributed by atoms with Crippen LogP contribution >= 0.6 is 0 Å². The lowest BCUT2D eigenvalue weighted by molar-refractivity contribution is 0.0993. The largest absolute Gasteiger partial charge is 0.434 e. The first kappa shape index (κ1) is 15.7. The van der Waals surface area contributed by atoms with E-state index in [1.165, 1.54) is 0 Å². The molecule has 2 heterocycles. The smallest absolute Gasteiger partial charge is 0.228 e. The maximum Gasteiger partial charge on any atom is 0.228 e. The Morgan fingerprint density at radius 1 is 1.08 bits per heavy atom. The Labute approximate surface area is 149 Å². The number of pyridine rings is 1. The summed E-state index contributed by atoms with van der Waals surface area (Å²) >= 11 is 0. The van der Waals surface area contributed by atoms with Gasteiger partial charge in [0.2, 0.25) is 5.89 Å². The van der Waals surface area contributed by atoms with Gasteiger partial charge in [-0.3, -0.25) is 4.79 Å². The zero-order chi connectivity index (χ0) is 17.9. The molecule has 0 bridgehead atoms. The number of carbonyl (C=O) groups is 1. The first-order valence-corrected chi connectivity index (χ1v) is 8.07. The van der Waals surface area contributed by atoms with E-state index >= 15 is 0 Å². The van der Waals surface area contributed by atoms with Crippen LogP contribution < -0.4 is 0 Å². The number of nitrogens with zero attached hydrogens (tertiary/aromatic N) is 3. The molecule has 0 aliphatic rings. The van der Waals surface area contributed by atoms with E-state index in [1.54, 1.807) is 36.5 Å². The van der Waals surface area contributed by atoms with Crippen molar-refractivity contribution in [1.82, 2.24) is 9.97 Å². The van der Waals surface area contributed by atoms with E-state index in [2.05, 4.69) is 9.97 Å². The molecule has 26 heavy (non-hydrogen) atoms. The molecule has 0 aliphatic carbocycles. The maximum atomic E-state index is 12.5. The van der Waals surface area contributed by atoms with E-state index in [9.17, 15) is 4.79 Å². The normalized spacial score (nSPS) is 10.6. The van der Waals surface area contributed by atoms with Crippen molar-refractivity contribution in [1.29, 1.82) is 5.26 Å². The van der Waals surface area contributed by atoms with Crippen LogP contribution in [0.4, 0.5) is 0 Å². The average molecular weight is 339 g/mol. The summed E-state index contributed by atoms with van der Waals surface area (Å²) in [5.41, 5.74) is 3.97. The molecule has 0 saturated heterocycles. The number of aromatic nitrogens is 2. The van der Waals surface area contributed by atoms with Crippen LogP contribution in [0.5, 0.6) is 0 Å². The Hall–Kier alpha value is -3.78. The number of hydrogen-bond acceptors (Lipinski definition) is 5. The number of hydrogen-bond donors (Lipinski definition) is 0. The molecule has 124 valence electrons. The molecule has 0 atom stereocenters. The minimum Gasteiger partial charge on any atom is -0.434 e. The highest BCUT2D eigenvalue weighted by Crippen LogP contribution is 2.24. The van der Waals surface area contributed by atoms with Gasteiger partial charge in [0.15, 0.2) is 17.0 Å². The Balaban J connectivity index is 1.59. The SMILES string of the molecule is N#Cc1ccc(C(=O)Cc2cccc(-c3nc4ncccc4o3)c2)cc1. The molecule has 4 rings (SSSR count). The molecule has 4 aromatic rings. The van der Waals surface area contributed by atoms with Crippen molar-refractivity contribution in [2.24, 2.45) is 0 Å². The topological polar surface area (TPSA) is 79.8 Å². The van der Waals surface area contributed by atoms with Gasteiger partial charge in [0, 0.05) is 23.7 Å². The van der Waals surface area contributed by atoms with E-state index in [-0.39, 0.29) is 12.2 Å². The van der Waals surface area contributed by atoms with Crippen molar-refractivity contribution in [3.8, 4) is 17.5 Å². The molecule has 0 amide bonds. The van der Waals surface area contributed by atoms with Gasteiger partial charge >= 0.3 is 0 Å². The Morgan fingerprint density at radius 2 is 1.92 bits per heavy atom. The molecule has 0 aliphatic heterocycles. The molecule has 0 unspecified atom stereocenters. The van der Waals surface area contributed by atoms with Gasteiger partial charge in [-0.25, -0.2) is 4.98 Å². The minimum absolute atomic E-state index is 0.00845. The highest BCUT2D eigenvalue weighted by Gasteiger charge is 2.11. The van der Waals surface area contributed by atoms with Gasteiger partial charge in [-0.15, -0.1) is 0 Å². The summed E-state index contributed by atoms with van der Waals surface area (Å²) in [5, 5.41) is 8.84. The fourth-order valence-corrected chi connectivity index (χ4v) is 2.72. The number of nitriles is 1. The molecular weight excluding hydrogens is 326 g/mol. The second-order valence-corrected chi connectivity index (χ2v) is 5.83. The van der Waals surface area contributed by atoms with Gasteiger partial charge in [0.1, 0.15) is 0 Å². The Kier molecular flexibility index (Phi) is 4.00. The lowest BCUT2D eigenvalue weighted by Crippen LogP contribution is -2.03. The average Bonchev–Trinajstić information content (AvgIpc) is 3.12. The van der Waals surface area contributed by atoms with Crippen LogP contribution in [-0.2, 0) is 6.42 Å². The molecule has 0 saturated carbocycles. The zero-order valence-electron chi connectivity index (χ0n) is 13.7. The number of benzene rings is 2. The van der Waals surface area contributed by atoms with Crippen LogP contribution in [-0.4, -0.2) is 15.8 Å². The highest BCUT2D eigenvalue weighted by molar-refractivity contribution is 5.97. The summed E-state index contributed by atoms with van der Waals surface area (Å²) in [6.07, 6.45) is 1.93. The fourth-order valence-electron chi connectivity index (χ4n) is 2.72. The molecule has 2 aromatic carbocycles. The number of carbonyl (C=O) groups excluding carboxylic acids is 1. The second kappa shape index (κ2) is 6.61. The fraction of sp³-hybridized carbons (Fsp3) is 0.0476. The first-order chi connectivity index (χ1) is 12.7. The quantitative estimate of drug-likeness (QED) is 0.521. The number of oxazole rings is 1. The summed E-state index contributed by atoms with van der Waals surface area (Å²) in [7, 11) is 0. The third kappa shape index (κ3) is 3.08. The summed E-state index contributed by atoms with van der Waals surface area (Å²) in [6, 6.07) is 19.9. The predicted octanol–water partition coefficient (Wildman–Crippen LogP) is 4.19. The van der Waals surface area contributed by atoms with E-state index in [0.717, 1.165) is 11.1 Å². The van der Waals surface area contributed by atoms with E-state index in [1.807, 2.05) is 36.4 Å². The lowest BCUT2D eigenvalue weighted by Gasteiger charge is -2.03.